The van der Waals surface area contributed by atoms with Gasteiger partial charge in [0.05, 0.1) is 11.0 Å². The molecule has 58 heavy (non-hydrogen) atoms. The molecule has 0 atom stereocenters. The van der Waals surface area contributed by atoms with Gasteiger partial charge in [-0.2, -0.15) is 0 Å². The predicted molar refractivity (Wildman–Crippen MR) is 243 cm³/mol. The highest BCUT2D eigenvalue weighted by Crippen LogP contribution is 2.40. The quantitative estimate of drug-likeness (QED) is 0.161. The summed E-state index contributed by atoms with van der Waals surface area (Å²) in [6, 6.07) is 60.8. The minimum atomic E-state index is 0.565. The lowest BCUT2D eigenvalue weighted by Crippen LogP contribution is -2.01. The molecule has 4 aromatic heterocycles. The summed E-state index contributed by atoms with van der Waals surface area (Å²) < 4.78 is 16.2. The molecular weight excluding hydrogens is 827 g/mol. The van der Waals surface area contributed by atoms with Crippen LogP contribution in [0.5, 0.6) is 0 Å². The van der Waals surface area contributed by atoms with Gasteiger partial charge in [0, 0.05) is 58.3 Å². The predicted octanol–water partition coefficient (Wildman–Crippen LogP) is 14.0. The number of furan rings is 2. The van der Waals surface area contributed by atoms with Crippen molar-refractivity contribution in [1.82, 2.24) is 19.5 Å². The van der Waals surface area contributed by atoms with Gasteiger partial charge >= 0.3 is 0 Å². The monoisotopic (exact) mass is 856 g/mol. The van der Waals surface area contributed by atoms with Crippen LogP contribution in [0.4, 0.5) is 0 Å². The van der Waals surface area contributed by atoms with E-state index in [-0.39, 0.29) is 0 Å². The lowest BCUT2D eigenvalue weighted by atomic mass is 10.0. The first-order valence-electron chi connectivity index (χ1n) is 19.1. The van der Waals surface area contributed by atoms with Gasteiger partial charge < -0.3 is 13.4 Å². The van der Waals surface area contributed by atoms with Gasteiger partial charge in [-0.05, 0) is 88.3 Å². The third-order valence-electron chi connectivity index (χ3n) is 11.1. The van der Waals surface area contributed by atoms with E-state index in [9.17, 15) is 0 Å². The molecule has 0 saturated carbocycles. The van der Waals surface area contributed by atoms with E-state index in [4.69, 9.17) is 23.8 Å². The van der Waals surface area contributed by atoms with Gasteiger partial charge in [0.25, 0.3) is 0 Å². The van der Waals surface area contributed by atoms with Crippen LogP contribution in [0.3, 0.4) is 0 Å². The zero-order valence-corrected chi connectivity index (χ0v) is 32.9. The Bertz CT molecular complexity index is 3480. The summed E-state index contributed by atoms with van der Waals surface area (Å²) in [7, 11) is 0. The Kier molecular flexibility index (Phi) is 7.40. The zero-order valence-electron chi connectivity index (χ0n) is 30.7. The van der Waals surface area contributed by atoms with Crippen LogP contribution >= 0.6 is 22.6 Å². The lowest BCUT2D eigenvalue weighted by Gasteiger charge is -2.12. The van der Waals surface area contributed by atoms with Crippen LogP contribution in [-0.2, 0) is 0 Å². The number of hydrogen-bond acceptors (Lipinski definition) is 5. The molecule has 0 unspecified atom stereocenters. The van der Waals surface area contributed by atoms with Crippen LogP contribution in [0.25, 0.3) is 117 Å². The zero-order chi connectivity index (χ0) is 38.3. The Morgan fingerprint density at radius 2 is 0.897 bits per heavy atom. The Morgan fingerprint density at radius 1 is 0.397 bits per heavy atom. The van der Waals surface area contributed by atoms with Crippen molar-refractivity contribution in [2.45, 2.75) is 0 Å². The normalized spacial score (nSPS) is 11.9. The van der Waals surface area contributed by atoms with Crippen LogP contribution < -0.4 is 0 Å². The molecule has 0 fully saturated rings. The highest BCUT2D eigenvalue weighted by Gasteiger charge is 2.21. The van der Waals surface area contributed by atoms with Crippen molar-refractivity contribution in [2.75, 3.05) is 0 Å². The molecule has 12 rings (SSSR count). The van der Waals surface area contributed by atoms with Crippen LogP contribution in [0.2, 0.25) is 0 Å². The Morgan fingerprint density at radius 3 is 1.59 bits per heavy atom. The van der Waals surface area contributed by atoms with E-state index in [2.05, 4.69) is 142 Å². The van der Waals surface area contributed by atoms with Gasteiger partial charge in [0.2, 0.25) is 0 Å². The van der Waals surface area contributed by atoms with Crippen LogP contribution in [0.15, 0.2) is 185 Å². The molecule has 0 spiro atoms. The molecule has 4 heterocycles. The van der Waals surface area contributed by atoms with Crippen molar-refractivity contribution >= 4 is 88.3 Å². The maximum atomic E-state index is 6.31. The standard InChI is InChI=1S/C51H29IN4O2/c52-40-22-9-19-35-34-16-1-4-23-41(34)56(48(35)40)33-15-8-13-31(29-33)30-12-7-14-32(28-30)49-53-50(38-20-10-26-44-46(38)36-17-2-5-24-42(36)57-44)55-51(54-49)39-21-11-27-45-47(39)37-18-3-6-25-43(37)58-45/h1-29H. The fourth-order valence-corrected chi connectivity index (χ4v) is 9.31. The van der Waals surface area contributed by atoms with Gasteiger partial charge in [-0.25, -0.2) is 15.0 Å². The SMILES string of the molecule is Ic1cccc2c3ccccc3n(-c3cccc(-c4cccc(-c5nc(-c6cccc7oc8ccccc8c67)nc(-c6cccc7oc8ccccc8c67)n5)c4)c3)c12. The first-order valence-corrected chi connectivity index (χ1v) is 20.2. The minimum Gasteiger partial charge on any atom is -0.456 e. The third kappa shape index (κ3) is 5.13. The minimum absolute atomic E-state index is 0.565. The number of fused-ring (bicyclic) bond motifs is 9. The van der Waals surface area contributed by atoms with E-state index in [1.165, 1.54) is 25.4 Å². The molecule has 0 aliphatic carbocycles. The van der Waals surface area contributed by atoms with Crippen molar-refractivity contribution in [3.8, 4) is 51.0 Å². The fourth-order valence-electron chi connectivity index (χ4n) is 8.58. The average Bonchev–Trinajstić information content (AvgIpc) is 3.97. The van der Waals surface area contributed by atoms with Gasteiger partial charge in [-0.15, -0.1) is 0 Å². The van der Waals surface area contributed by atoms with Gasteiger partial charge in [0.15, 0.2) is 17.5 Å². The maximum Gasteiger partial charge on any atom is 0.164 e. The second-order valence-electron chi connectivity index (χ2n) is 14.5. The third-order valence-corrected chi connectivity index (χ3v) is 12.0. The van der Waals surface area contributed by atoms with Crippen molar-refractivity contribution in [1.29, 1.82) is 0 Å². The molecule has 0 aliphatic rings. The van der Waals surface area contributed by atoms with Crippen molar-refractivity contribution in [2.24, 2.45) is 0 Å². The van der Waals surface area contributed by atoms with Crippen LogP contribution in [0.1, 0.15) is 0 Å². The molecule has 0 amide bonds. The Labute approximate surface area is 345 Å². The van der Waals surface area contributed by atoms with E-state index < -0.39 is 0 Å². The number of para-hydroxylation sites is 4. The molecule has 0 radical (unpaired) electrons. The second kappa shape index (κ2) is 13.0. The largest absolute Gasteiger partial charge is 0.456 e. The Balaban J connectivity index is 1.06. The summed E-state index contributed by atoms with van der Waals surface area (Å²) >= 11 is 2.46. The van der Waals surface area contributed by atoms with E-state index in [1.54, 1.807) is 0 Å². The van der Waals surface area contributed by atoms with Gasteiger partial charge in [-0.1, -0.05) is 121 Å². The summed E-state index contributed by atoms with van der Waals surface area (Å²) in [5, 5.41) is 6.45. The topological polar surface area (TPSA) is 69.9 Å². The molecular formula is C51H29IN4O2. The number of halogens is 1. The van der Waals surface area contributed by atoms with Crippen molar-refractivity contribution in [3.05, 3.63) is 179 Å². The summed E-state index contributed by atoms with van der Waals surface area (Å²) in [5.74, 6) is 1.70. The first kappa shape index (κ1) is 33.1. The van der Waals surface area contributed by atoms with E-state index in [1.807, 2.05) is 60.7 Å². The molecule has 0 aliphatic heterocycles. The molecule has 7 heteroatoms. The molecule has 12 aromatic rings. The van der Waals surface area contributed by atoms with Gasteiger partial charge in [0.1, 0.15) is 22.3 Å². The average molecular weight is 857 g/mol. The highest BCUT2D eigenvalue weighted by molar-refractivity contribution is 14.1. The molecule has 272 valence electrons. The van der Waals surface area contributed by atoms with Crippen molar-refractivity contribution in [3.63, 3.8) is 0 Å². The summed E-state index contributed by atoms with van der Waals surface area (Å²) in [4.78, 5) is 15.7. The summed E-state index contributed by atoms with van der Waals surface area (Å²) in [6.07, 6.45) is 0. The lowest BCUT2D eigenvalue weighted by molar-refractivity contribution is 0.668. The molecule has 0 bridgehead atoms. The number of nitrogens with zero attached hydrogens (tertiary/aromatic N) is 4. The fraction of sp³-hybridized carbons (Fsp3) is 0. The first-order chi connectivity index (χ1) is 28.7. The van der Waals surface area contributed by atoms with Crippen LogP contribution in [0, 0.1) is 3.57 Å². The van der Waals surface area contributed by atoms with Crippen molar-refractivity contribution < 1.29 is 8.83 Å². The number of rotatable bonds is 5. The molecule has 8 aromatic carbocycles. The van der Waals surface area contributed by atoms with Crippen LogP contribution in [-0.4, -0.2) is 19.5 Å². The number of hydrogen-bond donors (Lipinski definition) is 0. The van der Waals surface area contributed by atoms with Gasteiger partial charge in [-0.3, -0.25) is 0 Å². The van der Waals surface area contributed by atoms with E-state index in [0.717, 1.165) is 77.4 Å². The second-order valence-corrected chi connectivity index (χ2v) is 15.6. The summed E-state index contributed by atoms with van der Waals surface area (Å²) in [6.45, 7) is 0. The molecule has 0 saturated heterocycles. The maximum absolute atomic E-state index is 6.31. The van der Waals surface area contributed by atoms with E-state index >= 15 is 0 Å². The number of aromatic nitrogens is 4. The molecule has 6 nitrogen and oxygen atoms in total. The smallest absolute Gasteiger partial charge is 0.164 e. The summed E-state index contributed by atoms with van der Waals surface area (Å²) in [5.41, 5.74) is 11.5. The highest BCUT2D eigenvalue weighted by atomic mass is 127. The Hall–Kier alpha value is -7.10. The molecule has 0 N–H and O–H groups in total. The number of benzene rings is 8. The van der Waals surface area contributed by atoms with E-state index in [0.29, 0.717) is 17.5 Å².